The lowest BCUT2D eigenvalue weighted by atomic mass is 9.97. The van der Waals surface area contributed by atoms with Crippen molar-refractivity contribution in [1.29, 1.82) is 0 Å². The number of rotatable bonds is 4. The Hall–Kier alpha value is -0.990. The molecular weight excluding hydrogens is 433 g/mol. The topological polar surface area (TPSA) is 84.2 Å². The number of carbonyl (C=O) groups excluding carboxylic acids is 1. The molecule has 0 radical (unpaired) electrons. The van der Waals surface area contributed by atoms with E-state index in [1.165, 1.54) is 10.9 Å². The summed E-state index contributed by atoms with van der Waals surface area (Å²) in [5, 5.41) is 13.9. The van der Waals surface area contributed by atoms with E-state index in [0.29, 0.717) is 26.8 Å². The lowest BCUT2D eigenvalue weighted by molar-refractivity contribution is -0.121. The van der Waals surface area contributed by atoms with E-state index in [0.717, 1.165) is 13.0 Å². The van der Waals surface area contributed by atoms with Gasteiger partial charge in [-0.1, -0.05) is 11.6 Å². The molecule has 1 aliphatic rings. The van der Waals surface area contributed by atoms with Crippen LogP contribution in [0, 0.1) is 0 Å². The second-order valence-electron chi connectivity index (χ2n) is 5.97. The van der Waals surface area contributed by atoms with Crippen molar-refractivity contribution >= 4 is 56.6 Å². The van der Waals surface area contributed by atoms with Crippen molar-refractivity contribution in [1.82, 2.24) is 14.9 Å². The van der Waals surface area contributed by atoms with Crippen molar-refractivity contribution in [2.75, 3.05) is 6.54 Å². The van der Waals surface area contributed by atoms with Gasteiger partial charge >= 0.3 is 0 Å². The van der Waals surface area contributed by atoms with Crippen molar-refractivity contribution in [2.45, 2.75) is 38.0 Å². The number of halogens is 3. The first kappa shape index (κ1) is 20.3. The van der Waals surface area contributed by atoms with Gasteiger partial charge in [0.05, 0.1) is 34.9 Å². The van der Waals surface area contributed by atoms with Gasteiger partial charge in [0, 0.05) is 16.9 Å². The highest BCUT2D eigenvalue weighted by atomic mass is 79.9. The van der Waals surface area contributed by atoms with Crippen molar-refractivity contribution in [3.63, 3.8) is 0 Å². The third-order valence-electron chi connectivity index (χ3n) is 4.21. The molecule has 25 heavy (non-hydrogen) atoms. The number of benzene rings is 1. The Morgan fingerprint density at radius 2 is 2.24 bits per heavy atom. The van der Waals surface area contributed by atoms with Gasteiger partial charge in [-0.3, -0.25) is 14.2 Å². The predicted octanol–water partition coefficient (Wildman–Crippen LogP) is 2.31. The molecule has 1 aromatic carbocycles. The van der Waals surface area contributed by atoms with Crippen molar-refractivity contribution in [2.24, 2.45) is 0 Å². The highest BCUT2D eigenvalue weighted by Crippen LogP contribution is 2.25. The van der Waals surface area contributed by atoms with Gasteiger partial charge < -0.3 is 10.4 Å². The van der Waals surface area contributed by atoms with E-state index in [2.05, 4.69) is 26.2 Å². The van der Waals surface area contributed by atoms with Crippen LogP contribution in [0.15, 0.2) is 27.7 Å². The Balaban J connectivity index is 0.00000225. The molecular formula is C16H18BrCl2N3O3. The zero-order valence-corrected chi connectivity index (χ0v) is 16.4. The fourth-order valence-corrected chi connectivity index (χ4v) is 3.40. The smallest absolute Gasteiger partial charge is 0.261 e. The van der Waals surface area contributed by atoms with Crippen molar-refractivity contribution in [3.8, 4) is 0 Å². The third-order valence-corrected chi connectivity index (χ3v) is 5.41. The van der Waals surface area contributed by atoms with Crippen LogP contribution >= 0.6 is 39.9 Å². The Labute approximate surface area is 164 Å². The Kier molecular flexibility index (Phi) is 6.99. The maximum Gasteiger partial charge on any atom is 0.261 e. The summed E-state index contributed by atoms with van der Waals surface area (Å²) in [5.41, 5.74) is 0.212. The van der Waals surface area contributed by atoms with E-state index in [9.17, 15) is 14.7 Å². The standard InChI is InChI=1S/C16H17BrClN3O3.ClH/c17-11-6-13-10(5-12(11)18)16(24)21(8-20-13)7-9(22)4-14-15(23)2-1-3-19-14;/h5-6,8,14-15,19,23H,1-4,7H2;1H/t14-,15+;/m1./s1. The van der Waals surface area contributed by atoms with Crippen LogP contribution in [0.4, 0.5) is 0 Å². The summed E-state index contributed by atoms with van der Waals surface area (Å²) in [6.45, 7) is 0.722. The summed E-state index contributed by atoms with van der Waals surface area (Å²) in [4.78, 5) is 29.0. The average molecular weight is 451 g/mol. The number of hydrogen-bond acceptors (Lipinski definition) is 5. The Morgan fingerprint density at radius 3 is 2.96 bits per heavy atom. The second kappa shape index (κ2) is 8.60. The molecule has 1 aromatic heterocycles. The number of aliphatic hydroxyl groups is 1. The van der Waals surface area contributed by atoms with Gasteiger partial charge in [0.25, 0.3) is 5.56 Å². The van der Waals surface area contributed by atoms with Crippen LogP contribution in [0.5, 0.6) is 0 Å². The number of ketones is 1. The predicted molar refractivity (Wildman–Crippen MR) is 103 cm³/mol. The lowest BCUT2D eigenvalue weighted by Crippen LogP contribution is -2.46. The van der Waals surface area contributed by atoms with E-state index < -0.39 is 6.10 Å². The van der Waals surface area contributed by atoms with Gasteiger partial charge in [-0.05, 0) is 47.4 Å². The SMILES string of the molecule is Cl.O=C(C[C@H]1NCCC[C@@H]1O)Cn1cnc2cc(Br)c(Cl)cc2c1=O. The zero-order chi connectivity index (χ0) is 17.3. The van der Waals surface area contributed by atoms with Gasteiger partial charge in [0.15, 0.2) is 5.78 Å². The largest absolute Gasteiger partial charge is 0.391 e. The number of nitrogens with zero attached hydrogens (tertiary/aromatic N) is 2. The third kappa shape index (κ3) is 4.60. The number of hydrogen-bond donors (Lipinski definition) is 2. The molecule has 2 N–H and O–H groups in total. The minimum atomic E-state index is -0.523. The summed E-state index contributed by atoms with van der Waals surface area (Å²) in [5.74, 6) is -0.125. The first-order valence-corrected chi connectivity index (χ1v) is 8.90. The molecule has 0 aliphatic carbocycles. The van der Waals surface area contributed by atoms with Crippen LogP contribution in [-0.2, 0) is 11.3 Å². The molecule has 3 rings (SSSR count). The van der Waals surface area contributed by atoms with Crippen LogP contribution in [0.3, 0.4) is 0 Å². The quantitative estimate of drug-likeness (QED) is 0.746. The molecule has 1 fully saturated rings. The highest BCUT2D eigenvalue weighted by Gasteiger charge is 2.25. The molecule has 0 spiro atoms. The Morgan fingerprint density at radius 1 is 1.48 bits per heavy atom. The number of aliphatic hydroxyl groups excluding tert-OH is 1. The molecule has 6 nitrogen and oxygen atoms in total. The van der Waals surface area contributed by atoms with Crippen LogP contribution in [0.2, 0.25) is 5.02 Å². The lowest BCUT2D eigenvalue weighted by Gasteiger charge is -2.28. The second-order valence-corrected chi connectivity index (χ2v) is 7.24. The van der Waals surface area contributed by atoms with Crippen LogP contribution in [0.25, 0.3) is 10.9 Å². The normalized spacial score (nSPS) is 20.3. The molecule has 1 saturated heterocycles. The fraction of sp³-hybridized carbons (Fsp3) is 0.438. The van der Waals surface area contributed by atoms with Gasteiger partial charge in [-0.15, -0.1) is 12.4 Å². The maximum absolute atomic E-state index is 12.5. The molecule has 2 aromatic rings. The first-order valence-electron chi connectivity index (χ1n) is 7.73. The zero-order valence-electron chi connectivity index (χ0n) is 13.2. The summed E-state index contributed by atoms with van der Waals surface area (Å²) in [6, 6.07) is 2.97. The summed E-state index contributed by atoms with van der Waals surface area (Å²) in [7, 11) is 0. The minimum Gasteiger partial charge on any atom is -0.391 e. The number of nitrogens with one attached hydrogen (secondary N) is 1. The summed E-state index contributed by atoms with van der Waals surface area (Å²) < 4.78 is 1.94. The van der Waals surface area contributed by atoms with E-state index in [1.807, 2.05) is 0 Å². The molecule has 1 aliphatic heterocycles. The molecule has 0 saturated carbocycles. The number of piperidine rings is 1. The van der Waals surface area contributed by atoms with Crippen molar-refractivity contribution < 1.29 is 9.90 Å². The molecule has 0 amide bonds. The number of aromatic nitrogens is 2. The average Bonchev–Trinajstić information content (AvgIpc) is 2.54. The first-order chi connectivity index (χ1) is 11.5. The van der Waals surface area contributed by atoms with Crippen LogP contribution < -0.4 is 10.9 Å². The fourth-order valence-electron chi connectivity index (χ4n) is 2.91. The number of carbonyl (C=O) groups is 1. The molecule has 0 bridgehead atoms. The van der Waals surface area contributed by atoms with Gasteiger partial charge in [0.2, 0.25) is 0 Å². The van der Waals surface area contributed by atoms with E-state index in [1.54, 1.807) is 12.1 Å². The number of fused-ring (bicyclic) bond motifs is 1. The monoisotopic (exact) mass is 449 g/mol. The minimum absolute atomic E-state index is 0. The molecule has 136 valence electrons. The maximum atomic E-state index is 12.5. The van der Waals surface area contributed by atoms with Crippen molar-refractivity contribution in [3.05, 3.63) is 38.3 Å². The molecule has 2 heterocycles. The molecule has 9 heteroatoms. The van der Waals surface area contributed by atoms with Gasteiger partial charge in [0.1, 0.15) is 0 Å². The van der Waals surface area contributed by atoms with E-state index in [4.69, 9.17) is 11.6 Å². The van der Waals surface area contributed by atoms with Crippen LogP contribution in [0.1, 0.15) is 19.3 Å². The van der Waals surface area contributed by atoms with E-state index >= 15 is 0 Å². The summed E-state index contributed by atoms with van der Waals surface area (Å²) >= 11 is 9.33. The van der Waals surface area contributed by atoms with Gasteiger partial charge in [-0.25, -0.2) is 4.98 Å². The van der Waals surface area contributed by atoms with Gasteiger partial charge in [-0.2, -0.15) is 0 Å². The number of Topliss-reactive ketones (excluding diaryl/α,β-unsaturated/α-hetero) is 1. The molecule has 2 atom stereocenters. The highest BCUT2D eigenvalue weighted by molar-refractivity contribution is 9.10. The molecule has 0 unspecified atom stereocenters. The summed E-state index contributed by atoms with van der Waals surface area (Å²) in [6.07, 6.45) is 2.62. The Bertz CT molecular complexity index is 843. The van der Waals surface area contributed by atoms with E-state index in [-0.39, 0.29) is 42.8 Å². The van der Waals surface area contributed by atoms with Crippen LogP contribution in [-0.4, -0.2) is 39.1 Å².